The molecule has 0 spiro atoms. The van der Waals surface area contributed by atoms with E-state index in [1.165, 1.54) is 18.2 Å². The number of anilines is 1. The van der Waals surface area contributed by atoms with Crippen LogP contribution < -0.4 is 16.2 Å². The van der Waals surface area contributed by atoms with Crippen LogP contribution in [-0.4, -0.2) is 44.5 Å². The Kier molecular flexibility index (Phi) is 6.24. The lowest BCUT2D eigenvalue weighted by Gasteiger charge is -2.15. The van der Waals surface area contributed by atoms with Gasteiger partial charge in [0.05, 0.1) is 17.0 Å². The van der Waals surface area contributed by atoms with Crippen LogP contribution in [0.4, 0.5) is 11.5 Å². The first-order chi connectivity index (χ1) is 16.7. The van der Waals surface area contributed by atoms with Gasteiger partial charge in [-0.2, -0.15) is 5.10 Å². The van der Waals surface area contributed by atoms with Gasteiger partial charge in [-0.15, -0.1) is 0 Å². The number of nitro groups is 1. The Morgan fingerprint density at radius 1 is 1.29 bits per heavy atom. The van der Waals surface area contributed by atoms with Crippen LogP contribution in [0.15, 0.2) is 55.1 Å². The van der Waals surface area contributed by atoms with Crippen molar-refractivity contribution in [2.75, 3.05) is 18.8 Å². The molecule has 4 N–H and O–H groups in total. The summed E-state index contributed by atoms with van der Waals surface area (Å²) in [7, 11) is 0. The summed E-state index contributed by atoms with van der Waals surface area (Å²) in [6.07, 6.45) is 1.88. The van der Waals surface area contributed by atoms with E-state index >= 15 is 0 Å². The highest BCUT2D eigenvalue weighted by Crippen LogP contribution is 2.35. The number of hydrogen-bond donors (Lipinski definition) is 2. The van der Waals surface area contributed by atoms with E-state index in [4.69, 9.17) is 16.2 Å². The number of non-ortho nitro benzene ring substituents is 1. The van der Waals surface area contributed by atoms with E-state index in [1.54, 1.807) is 46.8 Å². The smallest absolute Gasteiger partial charge is 0.273 e. The number of likely N-dealkylation sites (tertiary alicyclic amines) is 1. The minimum absolute atomic E-state index is 0.0795. The van der Waals surface area contributed by atoms with E-state index in [-0.39, 0.29) is 29.0 Å². The number of rotatable bonds is 7. The third-order valence-corrected chi connectivity index (χ3v) is 5.89. The maximum absolute atomic E-state index is 12.3. The Morgan fingerprint density at radius 3 is 2.71 bits per heavy atom. The van der Waals surface area contributed by atoms with Gasteiger partial charge >= 0.3 is 0 Å². The number of nitrogens with two attached hydrogens (primary N) is 2. The highest BCUT2D eigenvalue weighted by Gasteiger charge is 2.31. The number of aryl methyl sites for hydroxylation is 1. The van der Waals surface area contributed by atoms with Gasteiger partial charge in [0.1, 0.15) is 28.6 Å². The highest BCUT2D eigenvalue weighted by molar-refractivity contribution is 6.03. The molecule has 35 heavy (non-hydrogen) atoms. The average molecular weight is 476 g/mol. The Bertz CT molecular complexity index is 1350. The van der Waals surface area contributed by atoms with Crippen molar-refractivity contribution >= 4 is 23.3 Å². The molecule has 11 heteroatoms. The number of nitrogens with zero attached hydrogens (tertiary/aromatic N) is 4. The van der Waals surface area contributed by atoms with Crippen molar-refractivity contribution in [1.82, 2.24) is 14.7 Å². The van der Waals surface area contributed by atoms with E-state index in [9.17, 15) is 19.7 Å². The summed E-state index contributed by atoms with van der Waals surface area (Å²) in [6, 6.07) is 10.8. The molecule has 1 saturated heterocycles. The van der Waals surface area contributed by atoms with Crippen molar-refractivity contribution in [1.29, 1.82) is 0 Å². The second kappa shape index (κ2) is 9.29. The zero-order valence-corrected chi connectivity index (χ0v) is 19.0. The van der Waals surface area contributed by atoms with Crippen LogP contribution >= 0.6 is 0 Å². The topological polar surface area (TPSA) is 160 Å². The molecule has 11 nitrogen and oxygen atoms in total. The van der Waals surface area contributed by atoms with Gasteiger partial charge < -0.3 is 21.1 Å². The Morgan fingerprint density at radius 2 is 2.06 bits per heavy atom. The number of aromatic nitrogens is 2. The monoisotopic (exact) mass is 476 g/mol. The molecular weight excluding hydrogens is 452 g/mol. The number of nitrogen functional groups attached to an aromatic ring is 1. The standard InChI is InChI=1S/C24H24N6O5/c1-3-20(31)28-10-9-17(13-28)29-23(25)21(24(26)32)22(27-29)15-7-8-19(14(2)11-15)35-18-6-4-5-16(12-18)30(33)34/h3-8,11-12,17H,1,9-10,13,25H2,2H3,(H2,26,32). The number of carbonyl (C=O) groups is 2. The van der Waals surface area contributed by atoms with Crippen LogP contribution in [0, 0.1) is 17.0 Å². The molecule has 180 valence electrons. The lowest BCUT2D eigenvalue weighted by atomic mass is 10.0. The number of benzene rings is 2. The van der Waals surface area contributed by atoms with E-state index in [1.807, 2.05) is 0 Å². The van der Waals surface area contributed by atoms with Gasteiger partial charge in [-0.3, -0.25) is 19.7 Å². The fourth-order valence-electron chi connectivity index (χ4n) is 4.14. The molecule has 0 saturated carbocycles. The van der Waals surface area contributed by atoms with Crippen LogP contribution in [0.5, 0.6) is 11.5 Å². The maximum Gasteiger partial charge on any atom is 0.273 e. The number of nitro benzene ring substituents is 1. The van der Waals surface area contributed by atoms with Gasteiger partial charge in [-0.25, -0.2) is 4.68 Å². The van der Waals surface area contributed by atoms with Crippen molar-refractivity contribution in [3.8, 4) is 22.8 Å². The normalized spacial score (nSPS) is 15.1. The first-order valence-corrected chi connectivity index (χ1v) is 10.8. The number of hydrogen-bond acceptors (Lipinski definition) is 7. The first kappa shape index (κ1) is 23.5. The molecule has 4 rings (SSSR count). The molecule has 2 heterocycles. The molecule has 1 fully saturated rings. The van der Waals surface area contributed by atoms with Crippen LogP contribution in [-0.2, 0) is 4.79 Å². The predicted octanol–water partition coefficient (Wildman–Crippen LogP) is 3.20. The van der Waals surface area contributed by atoms with Crippen molar-refractivity contribution in [3.63, 3.8) is 0 Å². The summed E-state index contributed by atoms with van der Waals surface area (Å²) in [5, 5.41) is 15.6. The van der Waals surface area contributed by atoms with Gasteiger partial charge in [-0.05, 0) is 49.2 Å². The number of carbonyl (C=O) groups excluding carboxylic acids is 2. The number of amides is 2. The summed E-state index contributed by atoms with van der Waals surface area (Å²) in [5.41, 5.74) is 13.6. The zero-order valence-electron chi connectivity index (χ0n) is 19.0. The summed E-state index contributed by atoms with van der Waals surface area (Å²) >= 11 is 0. The summed E-state index contributed by atoms with van der Waals surface area (Å²) in [4.78, 5) is 36.4. The second-order valence-corrected chi connectivity index (χ2v) is 8.19. The molecule has 2 aromatic carbocycles. The van der Waals surface area contributed by atoms with E-state index < -0.39 is 10.8 Å². The summed E-state index contributed by atoms with van der Waals surface area (Å²) < 4.78 is 7.38. The Balaban J connectivity index is 1.65. The zero-order chi connectivity index (χ0) is 25.3. The second-order valence-electron chi connectivity index (χ2n) is 8.19. The minimum Gasteiger partial charge on any atom is -0.457 e. The molecule has 1 aliphatic rings. The molecule has 0 bridgehead atoms. The van der Waals surface area contributed by atoms with Crippen molar-refractivity contribution in [2.24, 2.45) is 5.73 Å². The Hall–Kier alpha value is -4.67. The van der Waals surface area contributed by atoms with Crippen LogP contribution in [0.1, 0.15) is 28.4 Å². The molecule has 3 aromatic rings. The van der Waals surface area contributed by atoms with E-state index in [2.05, 4.69) is 11.7 Å². The van der Waals surface area contributed by atoms with Crippen molar-refractivity contribution in [3.05, 3.63) is 76.4 Å². The van der Waals surface area contributed by atoms with Gasteiger partial charge in [0.25, 0.3) is 11.6 Å². The largest absolute Gasteiger partial charge is 0.457 e. The fraction of sp³-hybridized carbons (Fsp3) is 0.208. The highest BCUT2D eigenvalue weighted by atomic mass is 16.6. The average Bonchev–Trinajstić information content (AvgIpc) is 3.44. The van der Waals surface area contributed by atoms with Crippen LogP contribution in [0.25, 0.3) is 11.3 Å². The number of primary amides is 1. The minimum atomic E-state index is -0.713. The van der Waals surface area contributed by atoms with Crippen molar-refractivity contribution < 1.29 is 19.2 Å². The van der Waals surface area contributed by atoms with Crippen LogP contribution in [0.3, 0.4) is 0 Å². The van der Waals surface area contributed by atoms with Gasteiger partial charge in [0.15, 0.2) is 0 Å². The third-order valence-electron chi connectivity index (χ3n) is 5.89. The molecular formula is C24H24N6O5. The SMILES string of the molecule is C=CC(=O)N1CCC(n2nc(-c3ccc(Oc4cccc([N+](=O)[O-])c4)c(C)c3)c(C(N)=O)c2N)C1. The first-order valence-electron chi connectivity index (χ1n) is 10.8. The van der Waals surface area contributed by atoms with Gasteiger partial charge in [0, 0.05) is 24.7 Å². The quantitative estimate of drug-likeness (QED) is 0.301. The molecule has 0 aliphatic carbocycles. The molecule has 1 unspecified atom stereocenters. The molecule has 1 aliphatic heterocycles. The molecule has 1 aromatic heterocycles. The lowest BCUT2D eigenvalue weighted by molar-refractivity contribution is -0.384. The third kappa shape index (κ3) is 4.56. The van der Waals surface area contributed by atoms with E-state index in [0.29, 0.717) is 47.8 Å². The summed E-state index contributed by atoms with van der Waals surface area (Å²) in [6.45, 7) is 6.24. The molecule has 1 atom stereocenters. The predicted molar refractivity (Wildman–Crippen MR) is 129 cm³/mol. The fourth-order valence-corrected chi connectivity index (χ4v) is 4.14. The maximum atomic E-state index is 12.3. The van der Waals surface area contributed by atoms with Crippen LogP contribution in [0.2, 0.25) is 0 Å². The van der Waals surface area contributed by atoms with Gasteiger partial charge in [0.2, 0.25) is 5.91 Å². The lowest BCUT2D eigenvalue weighted by Crippen LogP contribution is -2.27. The van der Waals surface area contributed by atoms with Crippen molar-refractivity contribution in [2.45, 2.75) is 19.4 Å². The Labute approximate surface area is 200 Å². The number of ether oxygens (including phenoxy) is 1. The summed E-state index contributed by atoms with van der Waals surface area (Å²) in [5.74, 6) is 0.0526. The molecule has 0 radical (unpaired) electrons. The van der Waals surface area contributed by atoms with Gasteiger partial charge in [-0.1, -0.05) is 12.6 Å². The van der Waals surface area contributed by atoms with E-state index in [0.717, 1.165) is 0 Å². The molecule has 2 amide bonds.